The summed E-state index contributed by atoms with van der Waals surface area (Å²) in [6, 6.07) is 5.81. The van der Waals surface area contributed by atoms with Crippen molar-refractivity contribution in [2.24, 2.45) is 5.73 Å². The van der Waals surface area contributed by atoms with Crippen molar-refractivity contribution in [3.8, 4) is 0 Å². The third kappa shape index (κ3) is 1.33. The quantitative estimate of drug-likeness (QED) is 0.744. The summed E-state index contributed by atoms with van der Waals surface area (Å²) in [5.41, 5.74) is 6.74. The second-order valence-corrected chi connectivity index (χ2v) is 3.96. The zero-order valence-electron chi connectivity index (χ0n) is 6.43. The highest BCUT2D eigenvalue weighted by molar-refractivity contribution is 6.36. The van der Waals surface area contributed by atoms with Crippen molar-refractivity contribution in [3.05, 3.63) is 33.8 Å². The lowest BCUT2D eigenvalue weighted by Crippen LogP contribution is -2.01. The second-order valence-electron chi connectivity index (χ2n) is 3.14. The minimum Gasteiger partial charge on any atom is -0.327 e. The molecule has 1 fully saturated rings. The molecule has 0 bridgehead atoms. The van der Waals surface area contributed by atoms with Crippen molar-refractivity contribution >= 4 is 23.2 Å². The molecule has 0 unspecified atom stereocenters. The Balaban J connectivity index is 2.41. The molecule has 1 saturated carbocycles. The van der Waals surface area contributed by atoms with E-state index in [1.807, 2.05) is 18.2 Å². The number of benzene rings is 1. The monoisotopic (exact) mass is 201 g/mol. The molecule has 0 saturated heterocycles. The second kappa shape index (κ2) is 2.91. The van der Waals surface area contributed by atoms with E-state index in [0.29, 0.717) is 5.92 Å². The van der Waals surface area contributed by atoms with Crippen LogP contribution in [0, 0.1) is 0 Å². The zero-order chi connectivity index (χ0) is 8.72. The van der Waals surface area contributed by atoms with Crippen LogP contribution in [0.5, 0.6) is 0 Å². The van der Waals surface area contributed by atoms with E-state index in [1.165, 1.54) is 0 Å². The van der Waals surface area contributed by atoms with Gasteiger partial charge in [-0.3, -0.25) is 0 Å². The first-order valence-electron chi connectivity index (χ1n) is 3.89. The average molecular weight is 202 g/mol. The lowest BCUT2D eigenvalue weighted by Gasteiger charge is -2.04. The summed E-state index contributed by atoms with van der Waals surface area (Å²) in [4.78, 5) is 0. The topological polar surface area (TPSA) is 26.0 Å². The van der Waals surface area contributed by atoms with Crippen LogP contribution in [0.1, 0.15) is 17.9 Å². The summed E-state index contributed by atoms with van der Waals surface area (Å²) < 4.78 is 0. The molecule has 0 heterocycles. The van der Waals surface area contributed by atoms with Gasteiger partial charge in [-0.05, 0) is 24.1 Å². The van der Waals surface area contributed by atoms with Gasteiger partial charge < -0.3 is 5.73 Å². The first-order chi connectivity index (χ1) is 5.70. The van der Waals surface area contributed by atoms with Gasteiger partial charge in [0.2, 0.25) is 0 Å². The van der Waals surface area contributed by atoms with Crippen molar-refractivity contribution in [2.45, 2.75) is 18.4 Å². The standard InChI is InChI=1S/C9H9Cl2N/c10-6-2-1-3-7(11)9(6)5-4-8(5)12/h1-3,5,8H,4,12H2/t5-,8-/m0/s1. The molecule has 2 N–H and O–H groups in total. The number of hydrogen-bond donors (Lipinski definition) is 1. The van der Waals surface area contributed by atoms with E-state index < -0.39 is 0 Å². The third-order valence-electron chi connectivity index (χ3n) is 2.21. The molecule has 0 spiro atoms. The molecule has 1 aliphatic carbocycles. The van der Waals surface area contributed by atoms with E-state index in [4.69, 9.17) is 28.9 Å². The largest absolute Gasteiger partial charge is 0.327 e. The van der Waals surface area contributed by atoms with Gasteiger partial charge in [-0.25, -0.2) is 0 Å². The van der Waals surface area contributed by atoms with Crippen molar-refractivity contribution < 1.29 is 0 Å². The molecular weight excluding hydrogens is 193 g/mol. The normalized spacial score (nSPS) is 27.2. The van der Waals surface area contributed by atoms with E-state index >= 15 is 0 Å². The summed E-state index contributed by atoms with van der Waals surface area (Å²) in [5, 5.41) is 1.47. The van der Waals surface area contributed by atoms with Gasteiger partial charge in [0.15, 0.2) is 0 Å². The predicted molar refractivity (Wildman–Crippen MR) is 51.8 cm³/mol. The van der Waals surface area contributed by atoms with Crippen LogP contribution in [-0.4, -0.2) is 6.04 Å². The Labute approximate surface area is 81.5 Å². The van der Waals surface area contributed by atoms with Crippen molar-refractivity contribution in [1.82, 2.24) is 0 Å². The maximum Gasteiger partial charge on any atom is 0.0456 e. The fourth-order valence-corrected chi connectivity index (χ4v) is 2.09. The molecule has 0 radical (unpaired) electrons. The maximum absolute atomic E-state index is 5.99. The smallest absolute Gasteiger partial charge is 0.0456 e. The minimum absolute atomic E-state index is 0.252. The molecule has 3 heteroatoms. The van der Waals surface area contributed by atoms with Crippen molar-refractivity contribution in [3.63, 3.8) is 0 Å². The van der Waals surface area contributed by atoms with Gasteiger partial charge >= 0.3 is 0 Å². The van der Waals surface area contributed by atoms with Gasteiger partial charge in [0.05, 0.1) is 0 Å². The van der Waals surface area contributed by atoms with Gasteiger partial charge in [0, 0.05) is 22.0 Å². The summed E-state index contributed by atoms with van der Waals surface area (Å²) in [5.74, 6) is 0.381. The Morgan fingerprint density at radius 2 is 1.75 bits per heavy atom. The van der Waals surface area contributed by atoms with E-state index in [-0.39, 0.29) is 6.04 Å². The Morgan fingerprint density at radius 3 is 2.17 bits per heavy atom. The maximum atomic E-state index is 5.99. The Bertz CT molecular complexity index is 291. The molecule has 2 rings (SSSR count). The van der Waals surface area contributed by atoms with Gasteiger partial charge in [0.25, 0.3) is 0 Å². The van der Waals surface area contributed by atoms with Crippen LogP contribution in [0.2, 0.25) is 10.0 Å². The van der Waals surface area contributed by atoms with Crippen LogP contribution in [0.25, 0.3) is 0 Å². The van der Waals surface area contributed by atoms with Crippen LogP contribution in [0.15, 0.2) is 18.2 Å². The lowest BCUT2D eigenvalue weighted by molar-refractivity contribution is 0.991. The molecule has 0 aromatic heterocycles. The first kappa shape index (κ1) is 8.36. The van der Waals surface area contributed by atoms with Gasteiger partial charge in [-0.2, -0.15) is 0 Å². The molecule has 1 nitrogen and oxygen atoms in total. The zero-order valence-corrected chi connectivity index (χ0v) is 7.94. The van der Waals surface area contributed by atoms with Gasteiger partial charge in [0.1, 0.15) is 0 Å². The van der Waals surface area contributed by atoms with Gasteiger partial charge in [-0.15, -0.1) is 0 Å². The Kier molecular flexibility index (Phi) is 2.03. The fraction of sp³-hybridized carbons (Fsp3) is 0.333. The molecule has 1 aromatic carbocycles. The molecule has 64 valence electrons. The summed E-state index contributed by atoms with van der Waals surface area (Å²) in [6.45, 7) is 0. The van der Waals surface area contributed by atoms with E-state index in [0.717, 1.165) is 22.0 Å². The van der Waals surface area contributed by atoms with Crippen LogP contribution < -0.4 is 5.73 Å². The van der Waals surface area contributed by atoms with Crippen molar-refractivity contribution in [1.29, 1.82) is 0 Å². The highest BCUT2D eigenvalue weighted by atomic mass is 35.5. The lowest BCUT2D eigenvalue weighted by atomic mass is 10.1. The van der Waals surface area contributed by atoms with Crippen LogP contribution >= 0.6 is 23.2 Å². The summed E-state index contributed by atoms with van der Waals surface area (Å²) in [6.07, 6.45) is 1.00. The highest BCUT2D eigenvalue weighted by Gasteiger charge is 2.37. The van der Waals surface area contributed by atoms with Crippen LogP contribution in [0.4, 0.5) is 0 Å². The molecule has 1 aliphatic rings. The molecule has 0 amide bonds. The number of halogens is 2. The highest BCUT2D eigenvalue weighted by Crippen LogP contribution is 2.45. The Hall–Kier alpha value is -0.240. The van der Waals surface area contributed by atoms with E-state index in [9.17, 15) is 0 Å². The Morgan fingerprint density at radius 1 is 1.25 bits per heavy atom. The number of nitrogens with two attached hydrogens (primary N) is 1. The van der Waals surface area contributed by atoms with Crippen LogP contribution in [-0.2, 0) is 0 Å². The number of rotatable bonds is 1. The van der Waals surface area contributed by atoms with Crippen molar-refractivity contribution in [2.75, 3.05) is 0 Å². The minimum atomic E-state index is 0.252. The first-order valence-corrected chi connectivity index (χ1v) is 4.65. The van der Waals surface area contributed by atoms with Gasteiger partial charge in [-0.1, -0.05) is 29.3 Å². The summed E-state index contributed by atoms with van der Waals surface area (Å²) in [7, 11) is 0. The molecule has 1 aromatic rings. The molecular formula is C9H9Cl2N. The van der Waals surface area contributed by atoms with E-state index in [2.05, 4.69) is 0 Å². The average Bonchev–Trinajstić information content (AvgIpc) is 2.67. The third-order valence-corrected chi connectivity index (χ3v) is 2.87. The number of hydrogen-bond acceptors (Lipinski definition) is 1. The summed E-state index contributed by atoms with van der Waals surface area (Å²) >= 11 is 12.0. The fourth-order valence-electron chi connectivity index (χ4n) is 1.41. The molecule has 2 atom stereocenters. The SMILES string of the molecule is N[C@H]1C[C@@H]1c1c(Cl)cccc1Cl. The predicted octanol–water partition coefficient (Wildman–Crippen LogP) is 2.81. The molecule has 0 aliphatic heterocycles. The molecule has 12 heavy (non-hydrogen) atoms. The van der Waals surface area contributed by atoms with E-state index in [1.54, 1.807) is 0 Å². The van der Waals surface area contributed by atoms with Crippen LogP contribution in [0.3, 0.4) is 0 Å².